The summed E-state index contributed by atoms with van der Waals surface area (Å²) in [5.41, 5.74) is 9.63. The molecule has 0 fully saturated rings. The number of hydrogen-bond donors (Lipinski definition) is 1. The van der Waals surface area contributed by atoms with Gasteiger partial charge in [0.1, 0.15) is 5.75 Å². The lowest BCUT2D eigenvalue weighted by molar-refractivity contribution is 0.312. The third kappa shape index (κ3) is 4.08. The number of para-hydroxylation sites is 1. The molecule has 2 rings (SSSR count). The summed E-state index contributed by atoms with van der Waals surface area (Å²) >= 11 is 0. The Labute approximate surface area is 126 Å². The van der Waals surface area contributed by atoms with E-state index in [9.17, 15) is 0 Å². The minimum absolute atomic E-state index is 0.186. The fourth-order valence-corrected chi connectivity index (χ4v) is 2.41. The molecule has 0 aliphatic heterocycles. The van der Waals surface area contributed by atoms with Crippen molar-refractivity contribution in [2.24, 2.45) is 12.8 Å². The van der Waals surface area contributed by atoms with E-state index >= 15 is 0 Å². The minimum atomic E-state index is 0.186. The van der Waals surface area contributed by atoms with Gasteiger partial charge in [-0.2, -0.15) is 5.10 Å². The first-order valence-corrected chi connectivity index (χ1v) is 7.55. The molecule has 0 bridgehead atoms. The normalized spacial score (nSPS) is 12.4. The highest BCUT2D eigenvalue weighted by Gasteiger charge is 2.10. The van der Waals surface area contributed by atoms with E-state index in [0.29, 0.717) is 6.61 Å². The molecule has 4 nitrogen and oxygen atoms in total. The highest BCUT2D eigenvalue weighted by molar-refractivity contribution is 5.41. The average molecular weight is 287 g/mol. The van der Waals surface area contributed by atoms with Crippen LogP contribution in [0, 0.1) is 6.92 Å². The quantitative estimate of drug-likeness (QED) is 0.851. The first-order valence-electron chi connectivity index (χ1n) is 7.55. The predicted molar refractivity (Wildman–Crippen MR) is 85.6 cm³/mol. The van der Waals surface area contributed by atoms with Gasteiger partial charge >= 0.3 is 0 Å². The van der Waals surface area contributed by atoms with E-state index in [2.05, 4.69) is 37.1 Å². The lowest BCUT2D eigenvalue weighted by Gasteiger charge is -2.16. The lowest BCUT2D eigenvalue weighted by atomic mass is 10.0. The van der Waals surface area contributed by atoms with Crippen molar-refractivity contribution in [1.29, 1.82) is 0 Å². The van der Waals surface area contributed by atoms with Crippen LogP contribution in [0.2, 0.25) is 0 Å². The topological polar surface area (TPSA) is 53.1 Å². The largest absolute Gasteiger partial charge is 0.493 e. The Hall–Kier alpha value is -1.81. The monoisotopic (exact) mass is 287 g/mol. The molecule has 0 amide bonds. The zero-order chi connectivity index (χ0) is 15.2. The number of aryl methyl sites for hydroxylation is 2. The summed E-state index contributed by atoms with van der Waals surface area (Å²) in [5.74, 6) is 0.989. The van der Waals surface area contributed by atoms with Crippen LogP contribution in [0.25, 0.3) is 0 Å². The van der Waals surface area contributed by atoms with Crippen molar-refractivity contribution in [1.82, 2.24) is 9.78 Å². The van der Waals surface area contributed by atoms with Crippen LogP contribution in [0.4, 0.5) is 0 Å². The Morgan fingerprint density at radius 2 is 2.14 bits per heavy atom. The summed E-state index contributed by atoms with van der Waals surface area (Å²) in [5, 5.41) is 4.17. The molecule has 2 aromatic rings. The Kier molecular flexibility index (Phi) is 5.39. The molecule has 0 saturated carbocycles. The molecule has 4 heteroatoms. The van der Waals surface area contributed by atoms with E-state index in [1.54, 1.807) is 0 Å². The van der Waals surface area contributed by atoms with Gasteiger partial charge in [-0.1, -0.05) is 25.1 Å². The Morgan fingerprint density at radius 3 is 2.81 bits per heavy atom. The van der Waals surface area contributed by atoms with Gasteiger partial charge < -0.3 is 10.5 Å². The molecule has 21 heavy (non-hydrogen) atoms. The van der Waals surface area contributed by atoms with Gasteiger partial charge in [0.05, 0.1) is 6.61 Å². The maximum absolute atomic E-state index is 6.08. The minimum Gasteiger partial charge on any atom is -0.493 e. The maximum Gasteiger partial charge on any atom is 0.125 e. The van der Waals surface area contributed by atoms with Crippen LogP contribution in [-0.4, -0.2) is 22.4 Å². The highest BCUT2D eigenvalue weighted by atomic mass is 16.5. The van der Waals surface area contributed by atoms with E-state index < -0.39 is 0 Å². The fourth-order valence-electron chi connectivity index (χ4n) is 2.41. The number of nitrogens with two attached hydrogens (primary N) is 1. The van der Waals surface area contributed by atoms with Crippen LogP contribution in [0.1, 0.15) is 30.2 Å². The van der Waals surface area contributed by atoms with Gasteiger partial charge in [0.25, 0.3) is 0 Å². The third-order valence-corrected chi connectivity index (χ3v) is 3.83. The number of aromatic nitrogens is 2. The zero-order valence-electron chi connectivity index (χ0n) is 13.2. The van der Waals surface area contributed by atoms with Crippen LogP contribution in [0.3, 0.4) is 0 Å². The molecule has 1 aromatic heterocycles. The number of hydrogen-bond acceptors (Lipinski definition) is 3. The van der Waals surface area contributed by atoms with Crippen LogP contribution < -0.4 is 10.5 Å². The Morgan fingerprint density at radius 1 is 1.33 bits per heavy atom. The molecule has 1 aromatic carbocycles. The van der Waals surface area contributed by atoms with Gasteiger partial charge in [-0.3, -0.25) is 4.68 Å². The van der Waals surface area contributed by atoms with Gasteiger partial charge in [-0.05, 0) is 37.0 Å². The number of ether oxygens (including phenoxy) is 1. The fraction of sp³-hybridized carbons (Fsp3) is 0.471. The summed E-state index contributed by atoms with van der Waals surface area (Å²) in [4.78, 5) is 0. The summed E-state index contributed by atoms with van der Waals surface area (Å²) < 4.78 is 7.93. The SMILES string of the molecule is CCC(N)Cc1cccc(C)c1OCCc1ccnn1C. The van der Waals surface area contributed by atoms with Crippen molar-refractivity contribution in [3.05, 3.63) is 47.3 Å². The molecule has 1 unspecified atom stereocenters. The van der Waals surface area contributed by atoms with Crippen molar-refractivity contribution in [3.63, 3.8) is 0 Å². The molecular formula is C17H25N3O. The Bertz CT molecular complexity index is 577. The highest BCUT2D eigenvalue weighted by Crippen LogP contribution is 2.25. The van der Waals surface area contributed by atoms with Crippen LogP contribution in [-0.2, 0) is 19.9 Å². The first-order chi connectivity index (χ1) is 10.1. The van der Waals surface area contributed by atoms with Gasteiger partial charge in [-0.15, -0.1) is 0 Å². The van der Waals surface area contributed by atoms with Crippen molar-refractivity contribution in [2.45, 2.75) is 39.2 Å². The van der Waals surface area contributed by atoms with E-state index in [1.807, 2.05) is 24.0 Å². The van der Waals surface area contributed by atoms with Crippen LogP contribution in [0.15, 0.2) is 30.5 Å². The summed E-state index contributed by atoms with van der Waals surface area (Å²) in [6.45, 7) is 4.85. The molecule has 1 atom stereocenters. The van der Waals surface area contributed by atoms with Gasteiger partial charge in [0.15, 0.2) is 0 Å². The van der Waals surface area contributed by atoms with Crippen LogP contribution >= 0.6 is 0 Å². The molecule has 0 aliphatic rings. The molecule has 0 saturated heterocycles. The van der Waals surface area contributed by atoms with E-state index in [0.717, 1.165) is 25.0 Å². The van der Waals surface area contributed by atoms with Crippen molar-refractivity contribution in [3.8, 4) is 5.75 Å². The standard InChI is InChI=1S/C17H25N3O/c1-4-15(18)12-14-7-5-6-13(2)17(14)21-11-9-16-8-10-19-20(16)3/h5-8,10,15H,4,9,11-12,18H2,1-3H3. The molecule has 2 N–H and O–H groups in total. The molecular weight excluding hydrogens is 262 g/mol. The molecule has 0 radical (unpaired) electrons. The average Bonchev–Trinajstić information content (AvgIpc) is 2.87. The second-order valence-corrected chi connectivity index (χ2v) is 5.48. The van der Waals surface area contributed by atoms with Crippen molar-refractivity contribution >= 4 is 0 Å². The van der Waals surface area contributed by atoms with Crippen LogP contribution in [0.5, 0.6) is 5.75 Å². The van der Waals surface area contributed by atoms with E-state index in [-0.39, 0.29) is 6.04 Å². The third-order valence-electron chi connectivity index (χ3n) is 3.83. The lowest BCUT2D eigenvalue weighted by Crippen LogP contribution is -2.22. The van der Waals surface area contributed by atoms with Gasteiger partial charge in [-0.25, -0.2) is 0 Å². The predicted octanol–water partition coefficient (Wildman–Crippen LogP) is 2.63. The second-order valence-electron chi connectivity index (χ2n) is 5.48. The van der Waals surface area contributed by atoms with E-state index in [1.165, 1.54) is 16.8 Å². The molecule has 0 spiro atoms. The summed E-state index contributed by atoms with van der Waals surface area (Å²) in [6.07, 6.45) is 4.50. The smallest absolute Gasteiger partial charge is 0.125 e. The Balaban J connectivity index is 2.03. The molecule has 0 aliphatic carbocycles. The molecule has 114 valence electrons. The number of nitrogens with zero attached hydrogens (tertiary/aromatic N) is 2. The second kappa shape index (κ2) is 7.27. The number of benzene rings is 1. The van der Waals surface area contributed by atoms with Gasteiger partial charge in [0.2, 0.25) is 0 Å². The number of rotatable bonds is 7. The van der Waals surface area contributed by atoms with Crippen molar-refractivity contribution in [2.75, 3.05) is 6.61 Å². The van der Waals surface area contributed by atoms with Crippen molar-refractivity contribution < 1.29 is 4.74 Å². The van der Waals surface area contributed by atoms with Gasteiger partial charge in [0, 0.05) is 31.4 Å². The maximum atomic E-state index is 6.08. The molecule has 1 heterocycles. The summed E-state index contributed by atoms with van der Waals surface area (Å²) in [6, 6.07) is 8.48. The zero-order valence-corrected chi connectivity index (χ0v) is 13.2. The summed E-state index contributed by atoms with van der Waals surface area (Å²) in [7, 11) is 1.95. The van der Waals surface area contributed by atoms with E-state index in [4.69, 9.17) is 10.5 Å². The first kappa shape index (κ1) is 15.6.